The molecule has 9 heteroatoms. The van der Waals surface area contributed by atoms with Gasteiger partial charge in [0.1, 0.15) is 5.82 Å². The van der Waals surface area contributed by atoms with E-state index in [0.29, 0.717) is 47.2 Å². The maximum Gasteiger partial charge on any atom is 0.191 e. The zero-order valence-corrected chi connectivity index (χ0v) is 17.9. The van der Waals surface area contributed by atoms with Gasteiger partial charge in [0, 0.05) is 19.3 Å². The number of ether oxygens (including phenoxy) is 1. The quantitative estimate of drug-likeness (QED) is 0.242. The van der Waals surface area contributed by atoms with Gasteiger partial charge < -0.3 is 20.7 Å². The lowest BCUT2D eigenvalue weighted by molar-refractivity contribution is 0.0992. The van der Waals surface area contributed by atoms with E-state index in [1.54, 1.807) is 12.3 Å². The van der Waals surface area contributed by atoms with Crippen molar-refractivity contribution in [2.45, 2.75) is 44.4 Å². The van der Waals surface area contributed by atoms with E-state index >= 15 is 0 Å². The van der Waals surface area contributed by atoms with Crippen LogP contribution in [0.15, 0.2) is 17.3 Å². The van der Waals surface area contributed by atoms with Crippen LogP contribution in [0.4, 0.5) is 5.82 Å². The highest BCUT2D eigenvalue weighted by atomic mass is 127. The second-order valence-corrected chi connectivity index (χ2v) is 6.88. The molecule has 3 N–H and O–H groups in total. The average Bonchev–Trinajstić information content (AvgIpc) is 3.16. The number of hydrogen-bond donors (Lipinski definition) is 3. The summed E-state index contributed by atoms with van der Waals surface area (Å²) in [5.74, 6) is 1.45. The number of nitrogens with one attached hydrogen (secondary N) is 3. The normalized spacial score (nSPS) is 24.8. The Hall–Kier alpha value is -0.510. The fourth-order valence-corrected chi connectivity index (χ4v) is 3.62. The van der Waals surface area contributed by atoms with Gasteiger partial charge in [0.15, 0.2) is 5.96 Å². The number of aromatic nitrogens is 1. The van der Waals surface area contributed by atoms with Gasteiger partial charge in [0.05, 0.1) is 34.8 Å². The molecular formula is C16H24Cl2IN5O. The van der Waals surface area contributed by atoms with Crippen molar-refractivity contribution in [2.75, 3.05) is 25.0 Å². The van der Waals surface area contributed by atoms with Gasteiger partial charge in [-0.05, 0) is 32.3 Å². The Morgan fingerprint density at radius 2 is 2.24 bits per heavy atom. The van der Waals surface area contributed by atoms with Crippen molar-refractivity contribution in [1.29, 1.82) is 0 Å². The van der Waals surface area contributed by atoms with Crippen molar-refractivity contribution in [3.63, 3.8) is 0 Å². The predicted molar refractivity (Wildman–Crippen MR) is 114 cm³/mol. The van der Waals surface area contributed by atoms with E-state index in [-0.39, 0.29) is 24.0 Å². The van der Waals surface area contributed by atoms with Crippen LogP contribution in [-0.2, 0) is 4.74 Å². The summed E-state index contributed by atoms with van der Waals surface area (Å²) in [6.45, 7) is 4.13. The minimum absolute atomic E-state index is 0. The summed E-state index contributed by atoms with van der Waals surface area (Å²) in [5, 5.41) is 11.0. The van der Waals surface area contributed by atoms with Crippen molar-refractivity contribution in [2.24, 2.45) is 4.99 Å². The Kier molecular flexibility index (Phi) is 8.31. The molecule has 6 nitrogen and oxygen atoms in total. The van der Waals surface area contributed by atoms with Crippen molar-refractivity contribution < 1.29 is 4.74 Å². The maximum atomic E-state index is 6.09. The molecule has 0 spiro atoms. The molecule has 25 heavy (non-hydrogen) atoms. The molecule has 1 aromatic heterocycles. The minimum atomic E-state index is 0. The first kappa shape index (κ1) is 20.8. The van der Waals surface area contributed by atoms with Gasteiger partial charge in [-0.2, -0.15) is 0 Å². The van der Waals surface area contributed by atoms with Gasteiger partial charge in [-0.1, -0.05) is 23.2 Å². The number of fused-ring (bicyclic) bond motifs is 2. The molecule has 0 radical (unpaired) electrons. The SMILES string of the molecule is CCNC(=NCCNc1ncc(Cl)cc1Cl)NC1CC2CCC1O2.I. The Balaban J connectivity index is 0.00000225. The van der Waals surface area contributed by atoms with E-state index in [4.69, 9.17) is 27.9 Å². The zero-order chi connectivity index (χ0) is 16.9. The molecule has 0 saturated carbocycles. The monoisotopic (exact) mass is 499 g/mol. The highest BCUT2D eigenvalue weighted by Gasteiger charge is 2.41. The predicted octanol–water partition coefficient (Wildman–Crippen LogP) is 3.29. The molecule has 140 valence electrons. The highest BCUT2D eigenvalue weighted by Crippen LogP contribution is 2.34. The van der Waals surface area contributed by atoms with Gasteiger partial charge in [-0.15, -0.1) is 24.0 Å². The van der Waals surface area contributed by atoms with Crippen LogP contribution in [0.25, 0.3) is 0 Å². The molecular weight excluding hydrogens is 476 g/mol. The first-order valence-electron chi connectivity index (χ1n) is 8.41. The molecule has 3 heterocycles. The van der Waals surface area contributed by atoms with Crippen LogP contribution >= 0.6 is 47.2 Å². The summed E-state index contributed by atoms with van der Waals surface area (Å²) in [5.41, 5.74) is 0. The minimum Gasteiger partial charge on any atom is -0.373 e. The molecule has 0 aromatic carbocycles. The van der Waals surface area contributed by atoms with Crippen molar-refractivity contribution >= 4 is 59.0 Å². The number of rotatable bonds is 6. The first-order chi connectivity index (χ1) is 11.7. The lowest BCUT2D eigenvalue weighted by atomic mass is 9.96. The third-order valence-electron chi connectivity index (χ3n) is 4.25. The van der Waals surface area contributed by atoms with Crippen LogP contribution in [0, 0.1) is 0 Å². The van der Waals surface area contributed by atoms with Gasteiger partial charge in [0.2, 0.25) is 0 Å². The number of aliphatic imine (C=N–C) groups is 1. The smallest absolute Gasteiger partial charge is 0.191 e. The lowest BCUT2D eigenvalue weighted by Gasteiger charge is -2.22. The average molecular weight is 500 g/mol. The molecule has 1 aromatic rings. The largest absolute Gasteiger partial charge is 0.373 e. The van der Waals surface area contributed by atoms with E-state index in [2.05, 4.69) is 32.9 Å². The fraction of sp³-hybridized carbons (Fsp3) is 0.625. The molecule has 2 aliphatic heterocycles. The molecule has 2 fully saturated rings. The van der Waals surface area contributed by atoms with E-state index in [0.717, 1.165) is 25.3 Å². The van der Waals surface area contributed by atoms with Crippen LogP contribution in [0.5, 0.6) is 0 Å². The molecule has 2 saturated heterocycles. The summed E-state index contributed by atoms with van der Waals surface area (Å²) < 4.78 is 5.88. The molecule has 0 aliphatic carbocycles. The Labute approximate surface area is 175 Å². The van der Waals surface area contributed by atoms with Crippen LogP contribution in [0.2, 0.25) is 10.0 Å². The van der Waals surface area contributed by atoms with Crippen molar-refractivity contribution in [3.05, 3.63) is 22.3 Å². The van der Waals surface area contributed by atoms with E-state index in [9.17, 15) is 0 Å². The maximum absolute atomic E-state index is 6.09. The Bertz CT molecular complexity index is 604. The van der Waals surface area contributed by atoms with Gasteiger partial charge in [-0.25, -0.2) is 4.98 Å². The van der Waals surface area contributed by atoms with Crippen LogP contribution in [0.3, 0.4) is 0 Å². The van der Waals surface area contributed by atoms with E-state index in [1.807, 2.05) is 0 Å². The second-order valence-electron chi connectivity index (χ2n) is 6.03. The third-order valence-corrected chi connectivity index (χ3v) is 4.75. The molecule has 2 aliphatic rings. The summed E-state index contributed by atoms with van der Waals surface area (Å²) in [7, 11) is 0. The third kappa shape index (κ3) is 5.74. The van der Waals surface area contributed by atoms with Crippen molar-refractivity contribution in [1.82, 2.24) is 15.6 Å². The molecule has 3 atom stereocenters. The van der Waals surface area contributed by atoms with Gasteiger partial charge in [-0.3, -0.25) is 4.99 Å². The fourth-order valence-electron chi connectivity index (χ4n) is 3.17. The standard InChI is InChI=1S/C16H23Cl2N5O.HI/c1-2-19-16(23-13-8-11-3-4-14(13)24-11)21-6-5-20-15-12(18)7-10(17)9-22-15;/h7,9,11,13-14H,2-6,8H2,1H3,(H,20,22)(H2,19,21,23);1H. The number of halogens is 3. The molecule has 3 unspecified atom stereocenters. The summed E-state index contributed by atoms with van der Waals surface area (Å²) >= 11 is 11.9. The lowest BCUT2D eigenvalue weighted by Crippen LogP contribution is -2.47. The molecule has 0 amide bonds. The van der Waals surface area contributed by atoms with Crippen LogP contribution < -0.4 is 16.0 Å². The van der Waals surface area contributed by atoms with E-state index < -0.39 is 0 Å². The van der Waals surface area contributed by atoms with E-state index in [1.165, 1.54) is 6.42 Å². The summed E-state index contributed by atoms with van der Waals surface area (Å²) in [4.78, 5) is 8.77. The Morgan fingerprint density at radius 3 is 2.88 bits per heavy atom. The Morgan fingerprint density at radius 1 is 1.40 bits per heavy atom. The first-order valence-corrected chi connectivity index (χ1v) is 9.16. The zero-order valence-electron chi connectivity index (χ0n) is 14.1. The highest BCUT2D eigenvalue weighted by molar-refractivity contribution is 14.0. The number of guanidine groups is 1. The van der Waals surface area contributed by atoms with Crippen LogP contribution in [0.1, 0.15) is 26.2 Å². The van der Waals surface area contributed by atoms with Gasteiger partial charge in [0.25, 0.3) is 0 Å². The second kappa shape index (κ2) is 9.99. The number of anilines is 1. The number of nitrogens with zero attached hydrogens (tertiary/aromatic N) is 2. The van der Waals surface area contributed by atoms with Gasteiger partial charge >= 0.3 is 0 Å². The summed E-state index contributed by atoms with van der Waals surface area (Å²) in [6.07, 6.45) is 5.72. The molecule has 3 rings (SSSR count). The number of hydrogen-bond acceptors (Lipinski definition) is 4. The topological polar surface area (TPSA) is 70.6 Å². The number of pyridine rings is 1. The van der Waals surface area contributed by atoms with Crippen molar-refractivity contribution in [3.8, 4) is 0 Å². The molecule has 2 bridgehead atoms. The van der Waals surface area contributed by atoms with Crippen LogP contribution in [-0.4, -0.2) is 48.8 Å². The summed E-state index contributed by atoms with van der Waals surface area (Å²) in [6, 6.07) is 2.03.